The third-order valence-electron chi connectivity index (χ3n) is 4.36. The number of hydrogen-bond donors (Lipinski definition) is 0. The van der Waals surface area contributed by atoms with E-state index in [-0.39, 0.29) is 5.78 Å². The van der Waals surface area contributed by atoms with Crippen LogP contribution in [0.15, 0.2) is 28.9 Å². The first-order valence-corrected chi connectivity index (χ1v) is 8.17. The molecular formula is C17H16BrNO2. The second kappa shape index (κ2) is 5.02. The van der Waals surface area contributed by atoms with Crippen molar-refractivity contribution in [2.75, 3.05) is 6.61 Å². The van der Waals surface area contributed by atoms with E-state index in [2.05, 4.69) is 32.6 Å². The maximum atomic E-state index is 11.9. The number of Topliss-reactive ketones (excluding diaryl/α,β-unsaturated/α-hetero) is 1. The number of halogens is 1. The van der Waals surface area contributed by atoms with E-state index in [1.54, 1.807) is 0 Å². The number of benzene rings is 1. The Hall–Kier alpha value is -1.55. The molecule has 0 saturated heterocycles. The topological polar surface area (TPSA) is 31.2 Å². The molecule has 4 heteroatoms. The standard InChI is InChI=1S/C17H16BrNO2/c18-13-8-11-5-7-21-17(11)12(9-13)10-19-6-4-14-15(19)2-1-3-16(14)20/h4,6,8-9H,1-3,5,7,10H2. The number of ketones is 1. The SMILES string of the molecule is O=C1CCCc2c1ccn2Cc1cc(Br)cc2c1OCC2. The van der Waals surface area contributed by atoms with Gasteiger partial charge in [0, 0.05) is 40.3 Å². The van der Waals surface area contributed by atoms with Gasteiger partial charge in [0.05, 0.1) is 13.2 Å². The Kier molecular flexibility index (Phi) is 3.14. The Morgan fingerprint density at radius 1 is 1.24 bits per heavy atom. The van der Waals surface area contributed by atoms with Crippen LogP contribution in [0.2, 0.25) is 0 Å². The molecule has 0 saturated carbocycles. The van der Waals surface area contributed by atoms with Gasteiger partial charge in [-0.3, -0.25) is 4.79 Å². The minimum atomic E-state index is 0.283. The molecule has 0 spiro atoms. The molecule has 3 nitrogen and oxygen atoms in total. The monoisotopic (exact) mass is 345 g/mol. The molecule has 108 valence electrons. The van der Waals surface area contributed by atoms with Crippen molar-refractivity contribution in [3.63, 3.8) is 0 Å². The molecule has 4 rings (SSSR count). The van der Waals surface area contributed by atoms with E-state index >= 15 is 0 Å². The molecule has 0 fully saturated rings. The lowest BCUT2D eigenvalue weighted by Gasteiger charge is -2.16. The van der Waals surface area contributed by atoms with Crippen LogP contribution in [0.3, 0.4) is 0 Å². The van der Waals surface area contributed by atoms with Crippen molar-refractivity contribution in [2.45, 2.75) is 32.2 Å². The van der Waals surface area contributed by atoms with Crippen molar-refractivity contribution in [2.24, 2.45) is 0 Å². The van der Waals surface area contributed by atoms with Crippen molar-refractivity contribution in [1.82, 2.24) is 4.57 Å². The van der Waals surface area contributed by atoms with E-state index in [0.29, 0.717) is 6.42 Å². The van der Waals surface area contributed by atoms with E-state index in [0.717, 1.165) is 48.2 Å². The largest absolute Gasteiger partial charge is 0.493 e. The Morgan fingerprint density at radius 3 is 3.05 bits per heavy atom. The highest BCUT2D eigenvalue weighted by molar-refractivity contribution is 9.10. The van der Waals surface area contributed by atoms with Crippen LogP contribution in [0, 0.1) is 0 Å². The van der Waals surface area contributed by atoms with Crippen molar-refractivity contribution >= 4 is 21.7 Å². The number of carbonyl (C=O) groups is 1. The van der Waals surface area contributed by atoms with Crippen LogP contribution in [0.4, 0.5) is 0 Å². The van der Waals surface area contributed by atoms with Crippen molar-refractivity contribution < 1.29 is 9.53 Å². The zero-order valence-electron chi connectivity index (χ0n) is 11.7. The maximum Gasteiger partial charge on any atom is 0.164 e. The quantitative estimate of drug-likeness (QED) is 0.829. The second-order valence-corrected chi connectivity index (χ2v) is 6.65. The molecule has 1 aromatic carbocycles. The van der Waals surface area contributed by atoms with E-state index in [1.807, 2.05) is 12.3 Å². The van der Waals surface area contributed by atoms with Gasteiger partial charge in [-0.05, 0) is 36.6 Å². The van der Waals surface area contributed by atoms with E-state index in [1.165, 1.54) is 16.8 Å². The number of hydrogen-bond acceptors (Lipinski definition) is 2. The molecule has 1 aliphatic carbocycles. The molecule has 21 heavy (non-hydrogen) atoms. The van der Waals surface area contributed by atoms with Gasteiger partial charge < -0.3 is 9.30 Å². The highest BCUT2D eigenvalue weighted by atomic mass is 79.9. The van der Waals surface area contributed by atoms with Crippen LogP contribution in [0.25, 0.3) is 0 Å². The molecular weight excluding hydrogens is 330 g/mol. The third kappa shape index (κ3) is 2.22. The fourth-order valence-electron chi connectivity index (χ4n) is 3.38. The van der Waals surface area contributed by atoms with E-state index < -0.39 is 0 Å². The van der Waals surface area contributed by atoms with E-state index in [9.17, 15) is 4.79 Å². The van der Waals surface area contributed by atoms with Crippen molar-refractivity contribution in [1.29, 1.82) is 0 Å². The molecule has 2 heterocycles. The number of rotatable bonds is 2. The minimum absolute atomic E-state index is 0.283. The molecule has 0 atom stereocenters. The molecule has 0 radical (unpaired) electrons. The zero-order valence-corrected chi connectivity index (χ0v) is 13.3. The summed E-state index contributed by atoms with van der Waals surface area (Å²) >= 11 is 3.59. The summed E-state index contributed by atoms with van der Waals surface area (Å²) < 4.78 is 9.10. The van der Waals surface area contributed by atoms with Gasteiger partial charge in [0.15, 0.2) is 5.78 Å². The lowest BCUT2D eigenvalue weighted by Crippen LogP contribution is -2.13. The first-order chi connectivity index (χ1) is 10.2. The Bertz CT molecular complexity index is 733. The fourth-order valence-corrected chi connectivity index (χ4v) is 3.94. The van der Waals surface area contributed by atoms with Crippen LogP contribution in [0.1, 0.15) is 40.0 Å². The lowest BCUT2D eigenvalue weighted by molar-refractivity contribution is 0.0972. The number of fused-ring (bicyclic) bond motifs is 2. The summed E-state index contributed by atoms with van der Waals surface area (Å²) in [7, 11) is 0. The van der Waals surface area contributed by atoms with Gasteiger partial charge >= 0.3 is 0 Å². The number of aromatic nitrogens is 1. The molecule has 2 aliphatic rings. The summed E-state index contributed by atoms with van der Waals surface area (Å²) in [5.41, 5.74) is 4.55. The summed E-state index contributed by atoms with van der Waals surface area (Å²) in [6.07, 6.45) is 5.65. The third-order valence-corrected chi connectivity index (χ3v) is 4.82. The van der Waals surface area contributed by atoms with Crippen molar-refractivity contribution in [3.8, 4) is 5.75 Å². The second-order valence-electron chi connectivity index (χ2n) is 5.73. The number of nitrogens with zero attached hydrogens (tertiary/aromatic N) is 1. The smallest absolute Gasteiger partial charge is 0.164 e. The Balaban J connectivity index is 1.73. The van der Waals surface area contributed by atoms with Crippen molar-refractivity contribution in [3.05, 3.63) is 51.3 Å². The predicted molar refractivity (Wildman–Crippen MR) is 84.1 cm³/mol. The number of ether oxygens (including phenoxy) is 1. The molecule has 1 aromatic heterocycles. The summed E-state index contributed by atoms with van der Waals surface area (Å²) in [6.45, 7) is 1.53. The number of carbonyl (C=O) groups excluding carboxylic acids is 1. The summed E-state index contributed by atoms with van der Waals surface area (Å²) in [6, 6.07) is 6.23. The van der Waals surface area contributed by atoms with Crippen LogP contribution in [-0.4, -0.2) is 17.0 Å². The normalized spacial score (nSPS) is 16.5. The van der Waals surface area contributed by atoms with Gasteiger partial charge in [0.25, 0.3) is 0 Å². The van der Waals surface area contributed by atoms with Gasteiger partial charge in [0.2, 0.25) is 0 Å². The molecule has 0 N–H and O–H groups in total. The molecule has 0 unspecified atom stereocenters. The highest BCUT2D eigenvalue weighted by Crippen LogP contribution is 2.34. The van der Waals surface area contributed by atoms with Crippen LogP contribution in [0.5, 0.6) is 5.75 Å². The molecule has 0 amide bonds. The Morgan fingerprint density at radius 2 is 2.14 bits per heavy atom. The average molecular weight is 346 g/mol. The van der Waals surface area contributed by atoms with E-state index in [4.69, 9.17) is 4.74 Å². The van der Waals surface area contributed by atoms with Gasteiger partial charge in [-0.1, -0.05) is 15.9 Å². The van der Waals surface area contributed by atoms with Crippen LogP contribution < -0.4 is 4.74 Å². The summed E-state index contributed by atoms with van der Waals surface area (Å²) in [4.78, 5) is 11.9. The first-order valence-electron chi connectivity index (χ1n) is 7.37. The molecule has 2 aromatic rings. The van der Waals surface area contributed by atoms with Gasteiger partial charge in [0.1, 0.15) is 5.75 Å². The maximum absolute atomic E-state index is 11.9. The summed E-state index contributed by atoms with van der Waals surface area (Å²) in [5.74, 6) is 1.31. The first kappa shape index (κ1) is 13.1. The van der Waals surface area contributed by atoms with Crippen LogP contribution in [-0.2, 0) is 19.4 Å². The minimum Gasteiger partial charge on any atom is -0.493 e. The van der Waals surface area contributed by atoms with Gasteiger partial charge in [-0.25, -0.2) is 0 Å². The van der Waals surface area contributed by atoms with Gasteiger partial charge in [-0.2, -0.15) is 0 Å². The molecule has 0 bridgehead atoms. The molecule has 1 aliphatic heterocycles. The average Bonchev–Trinajstić information content (AvgIpc) is 3.07. The lowest BCUT2D eigenvalue weighted by atomic mass is 9.96. The van der Waals surface area contributed by atoms with Gasteiger partial charge in [-0.15, -0.1) is 0 Å². The highest BCUT2D eigenvalue weighted by Gasteiger charge is 2.22. The summed E-state index contributed by atoms with van der Waals surface area (Å²) in [5, 5.41) is 0. The van der Waals surface area contributed by atoms with Crippen LogP contribution >= 0.6 is 15.9 Å². The zero-order chi connectivity index (χ0) is 14.4. The predicted octanol–water partition coefficient (Wildman–Crippen LogP) is 3.75. The Labute approximate surface area is 132 Å². The fraction of sp³-hybridized carbons (Fsp3) is 0.353.